The molecule has 0 saturated carbocycles. The van der Waals surface area contributed by atoms with E-state index in [1.165, 1.54) is 0 Å². The molecule has 0 aliphatic carbocycles. The Bertz CT molecular complexity index is 233. The van der Waals surface area contributed by atoms with E-state index in [2.05, 4.69) is 24.9 Å². The van der Waals surface area contributed by atoms with Crippen LogP contribution in [0.3, 0.4) is 0 Å². The number of unbranched alkanes of at least 4 members (excludes halogenated alkanes) is 1. The maximum absolute atomic E-state index is 11.7. The van der Waals surface area contributed by atoms with Crippen LogP contribution in [0.15, 0.2) is 0 Å². The zero-order valence-corrected chi connectivity index (χ0v) is 11.2. The number of hydrogen-bond acceptors (Lipinski definition) is 3. The molecule has 5 heteroatoms. The minimum Gasteiger partial charge on any atom is -0.464 e. The standard InChI is InChI=1S/C10H19NO2S2/c1-4-6-7-10(3,11-9(14)15)8(12)13-5-2/h4-7H2,1-3H3,(H2,11,14,15). The van der Waals surface area contributed by atoms with Gasteiger partial charge in [-0.25, -0.2) is 4.79 Å². The Kier molecular flexibility index (Phi) is 6.92. The van der Waals surface area contributed by atoms with Crippen molar-refractivity contribution in [3.63, 3.8) is 0 Å². The second-order valence-electron chi connectivity index (χ2n) is 3.59. The topological polar surface area (TPSA) is 38.3 Å². The Balaban J connectivity index is 4.52. The van der Waals surface area contributed by atoms with Gasteiger partial charge in [0.25, 0.3) is 0 Å². The van der Waals surface area contributed by atoms with Crippen molar-refractivity contribution in [2.24, 2.45) is 0 Å². The number of thiol groups is 1. The SMILES string of the molecule is CCCCC(C)(NC(=S)S)C(=O)OCC. The van der Waals surface area contributed by atoms with E-state index in [-0.39, 0.29) is 5.97 Å². The number of carbonyl (C=O) groups is 1. The summed E-state index contributed by atoms with van der Waals surface area (Å²) >= 11 is 8.83. The summed E-state index contributed by atoms with van der Waals surface area (Å²) in [6.45, 7) is 6.03. The Morgan fingerprint density at radius 2 is 2.13 bits per heavy atom. The lowest BCUT2D eigenvalue weighted by Crippen LogP contribution is -2.51. The highest BCUT2D eigenvalue weighted by Gasteiger charge is 2.34. The van der Waals surface area contributed by atoms with Crippen LogP contribution in [0.4, 0.5) is 0 Å². The number of rotatable bonds is 6. The molecule has 1 N–H and O–H groups in total. The van der Waals surface area contributed by atoms with Gasteiger partial charge in [-0.1, -0.05) is 32.0 Å². The van der Waals surface area contributed by atoms with Gasteiger partial charge in [-0.15, -0.1) is 12.6 Å². The number of ether oxygens (including phenoxy) is 1. The van der Waals surface area contributed by atoms with Gasteiger partial charge in [-0.05, 0) is 20.3 Å². The van der Waals surface area contributed by atoms with Crippen LogP contribution in [0.5, 0.6) is 0 Å². The molecular formula is C10H19NO2S2. The second-order valence-corrected chi connectivity index (χ2v) is 4.74. The van der Waals surface area contributed by atoms with Crippen molar-refractivity contribution >= 4 is 35.1 Å². The van der Waals surface area contributed by atoms with E-state index in [0.29, 0.717) is 17.3 Å². The van der Waals surface area contributed by atoms with E-state index in [4.69, 9.17) is 17.0 Å². The number of carbonyl (C=O) groups excluding carboxylic acids is 1. The molecule has 88 valence electrons. The number of thiocarbonyl (C=S) groups is 1. The van der Waals surface area contributed by atoms with Crippen LogP contribution >= 0.6 is 24.8 Å². The molecule has 0 fully saturated rings. The average molecular weight is 249 g/mol. The van der Waals surface area contributed by atoms with E-state index < -0.39 is 5.54 Å². The first kappa shape index (κ1) is 14.7. The van der Waals surface area contributed by atoms with Gasteiger partial charge in [0.2, 0.25) is 0 Å². The quantitative estimate of drug-likeness (QED) is 0.430. The lowest BCUT2D eigenvalue weighted by Gasteiger charge is -2.28. The molecule has 1 unspecified atom stereocenters. The molecule has 0 aromatic rings. The Hall–Kier alpha value is -0.290. The Morgan fingerprint density at radius 1 is 1.53 bits per heavy atom. The second kappa shape index (κ2) is 7.06. The summed E-state index contributed by atoms with van der Waals surface area (Å²) in [5.74, 6) is -0.269. The normalized spacial score (nSPS) is 14.1. The molecule has 0 saturated heterocycles. The molecule has 0 aliphatic rings. The van der Waals surface area contributed by atoms with Gasteiger partial charge < -0.3 is 10.1 Å². The van der Waals surface area contributed by atoms with E-state index in [1.54, 1.807) is 13.8 Å². The Morgan fingerprint density at radius 3 is 2.53 bits per heavy atom. The number of esters is 1. The van der Waals surface area contributed by atoms with Gasteiger partial charge in [-0.2, -0.15) is 0 Å². The smallest absolute Gasteiger partial charge is 0.331 e. The molecule has 0 radical (unpaired) electrons. The number of nitrogens with one attached hydrogen (secondary N) is 1. The maximum atomic E-state index is 11.7. The highest BCUT2D eigenvalue weighted by atomic mass is 32.1. The van der Waals surface area contributed by atoms with Crippen LogP contribution in [-0.2, 0) is 9.53 Å². The first-order valence-corrected chi connectivity index (χ1v) is 6.00. The van der Waals surface area contributed by atoms with Crippen molar-refractivity contribution in [1.29, 1.82) is 0 Å². The van der Waals surface area contributed by atoms with Crippen LogP contribution in [0.25, 0.3) is 0 Å². The van der Waals surface area contributed by atoms with E-state index in [9.17, 15) is 4.79 Å². The van der Waals surface area contributed by atoms with E-state index >= 15 is 0 Å². The number of hydrogen-bond donors (Lipinski definition) is 2. The fourth-order valence-electron chi connectivity index (χ4n) is 1.27. The predicted molar refractivity (Wildman–Crippen MR) is 69.3 cm³/mol. The molecule has 3 nitrogen and oxygen atoms in total. The fraction of sp³-hybridized carbons (Fsp3) is 0.800. The van der Waals surface area contributed by atoms with E-state index in [0.717, 1.165) is 12.8 Å². The van der Waals surface area contributed by atoms with Crippen molar-refractivity contribution < 1.29 is 9.53 Å². The first-order chi connectivity index (χ1) is 6.96. The van der Waals surface area contributed by atoms with Gasteiger partial charge in [0.1, 0.15) is 9.86 Å². The van der Waals surface area contributed by atoms with Gasteiger partial charge in [0, 0.05) is 0 Å². The van der Waals surface area contributed by atoms with Crippen molar-refractivity contribution in [1.82, 2.24) is 5.32 Å². The molecule has 0 aromatic heterocycles. The molecule has 0 bridgehead atoms. The third-order valence-electron chi connectivity index (χ3n) is 2.14. The molecule has 0 rings (SSSR count). The highest BCUT2D eigenvalue weighted by Crippen LogP contribution is 2.16. The summed E-state index contributed by atoms with van der Waals surface area (Å²) < 4.78 is 5.33. The lowest BCUT2D eigenvalue weighted by molar-refractivity contribution is -0.150. The third-order valence-corrected chi connectivity index (χ3v) is 2.35. The third kappa shape index (κ3) is 5.37. The van der Waals surface area contributed by atoms with Gasteiger partial charge in [-0.3, -0.25) is 0 Å². The van der Waals surface area contributed by atoms with Gasteiger partial charge >= 0.3 is 5.97 Å². The van der Waals surface area contributed by atoms with Crippen molar-refractivity contribution in [3.05, 3.63) is 0 Å². The molecule has 0 heterocycles. The molecule has 0 aliphatic heterocycles. The minimum atomic E-state index is -0.745. The molecule has 0 amide bonds. The summed E-state index contributed by atoms with van der Waals surface area (Å²) in [5, 5.41) is 2.90. The van der Waals surface area contributed by atoms with Crippen molar-refractivity contribution in [2.45, 2.75) is 45.6 Å². The maximum Gasteiger partial charge on any atom is 0.331 e. The molecule has 15 heavy (non-hydrogen) atoms. The van der Waals surface area contributed by atoms with Crippen LogP contribution in [0, 0.1) is 0 Å². The zero-order chi connectivity index (χ0) is 11.9. The van der Waals surface area contributed by atoms with Gasteiger partial charge in [0.05, 0.1) is 6.61 Å². The summed E-state index contributed by atoms with van der Waals surface area (Å²) in [6, 6.07) is 0. The monoisotopic (exact) mass is 249 g/mol. The zero-order valence-electron chi connectivity index (χ0n) is 9.50. The largest absolute Gasteiger partial charge is 0.464 e. The first-order valence-electron chi connectivity index (χ1n) is 5.14. The summed E-state index contributed by atoms with van der Waals surface area (Å²) in [7, 11) is 0. The van der Waals surface area contributed by atoms with Crippen molar-refractivity contribution in [2.75, 3.05) is 6.61 Å². The molecule has 0 aromatic carbocycles. The van der Waals surface area contributed by atoms with Crippen LogP contribution in [0.2, 0.25) is 0 Å². The molecular weight excluding hydrogens is 230 g/mol. The predicted octanol–water partition coefficient (Wildman–Crippen LogP) is 2.30. The van der Waals surface area contributed by atoms with E-state index in [1.807, 2.05) is 0 Å². The van der Waals surface area contributed by atoms with Crippen LogP contribution < -0.4 is 5.32 Å². The summed E-state index contributed by atoms with van der Waals surface area (Å²) in [6.07, 6.45) is 2.66. The van der Waals surface area contributed by atoms with Crippen molar-refractivity contribution in [3.8, 4) is 0 Å². The highest BCUT2D eigenvalue weighted by molar-refractivity contribution is 8.11. The summed E-state index contributed by atoms with van der Waals surface area (Å²) in [5.41, 5.74) is -0.745. The molecule has 0 spiro atoms. The fourth-order valence-corrected chi connectivity index (χ4v) is 1.74. The Labute approximate surface area is 102 Å². The minimum absolute atomic E-state index is 0.269. The van der Waals surface area contributed by atoms with Crippen LogP contribution in [-0.4, -0.2) is 22.4 Å². The summed E-state index contributed by atoms with van der Waals surface area (Å²) in [4.78, 5) is 11.7. The van der Waals surface area contributed by atoms with Gasteiger partial charge in [0.15, 0.2) is 0 Å². The van der Waals surface area contributed by atoms with Crippen LogP contribution in [0.1, 0.15) is 40.0 Å². The lowest BCUT2D eigenvalue weighted by atomic mass is 9.95. The molecule has 1 atom stereocenters. The average Bonchev–Trinajstić information content (AvgIpc) is 2.14.